The highest BCUT2D eigenvalue weighted by Crippen LogP contribution is 2.55. The van der Waals surface area contributed by atoms with Crippen LogP contribution >= 0.6 is 11.6 Å². The molecule has 0 radical (unpaired) electrons. The van der Waals surface area contributed by atoms with Crippen LogP contribution < -0.4 is 9.47 Å². The Balaban J connectivity index is 1.45. The molecule has 1 N–H and O–H groups in total. The maximum absolute atomic E-state index is 13.3. The van der Waals surface area contributed by atoms with E-state index >= 15 is 0 Å². The molecule has 1 fully saturated rings. The minimum Gasteiger partial charge on any atom is -0.455 e. The van der Waals surface area contributed by atoms with Crippen LogP contribution in [0.15, 0.2) is 23.8 Å². The van der Waals surface area contributed by atoms with Gasteiger partial charge in [0, 0.05) is 17.3 Å². The van der Waals surface area contributed by atoms with Crippen LogP contribution in [0.4, 0.5) is 0 Å². The third kappa shape index (κ3) is 4.12. The first-order chi connectivity index (χ1) is 16.0. The maximum atomic E-state index is 13.3. The smallest absolute Gasteiger partial charge is 0.338 e. The van der Waals surface area contributed by atoms with E-state index in [0.29, 0.717) is 19.3 Å². The van der Waals surface area contributed by atoms with Crippen molar-refractivity contribution in [3.05, 3.63) is 34.9 Å². The van der Waals surface area contributed by atoms with Gasteiger partial charge in [-0.25, -0.2) is 4.79 Å². The topological polar surface area (TPSA) is 68.2 Å². The van der Waals surface area contributed by atoms with E-state index in [4.69, 9.17) is 25.8 Å². The number of alkyl halides is 1. The fourth-order valence-electron chi connectivity index (χ4n) is 6.40. The highest BCUT2D eigenvalue weighted by Gasteiger charge is 2.57. The number of aliphatic hydroxyl groups is 1. The highest BCUT2D eigenvalue weighted by molar-refractivity contribution is 6.23. The van der Waals surface area contributed by atoms with Gasteiger partial charge in [-0.15, -0.1) is 11.6 Å². The zero-order valence-electron chi connectivity index (χ0n) is 20.7. The fraction of sp³-hybridized carbons (Fsp3) is 0.667. The molecule has 5 rings (SSSR count). The normalized spacial score (nSPS) is 29.5. The number of carbonyl (C=O) groups excluding carboxylic acids is 1. The maximum Gasteiger partial charge on any atom is 0.338 e. The van der Waals surface area contributed by atoms with Crippen molar-refractivity contribution in [2.24, 2.45) is 0 Å². The third-order valence-corrected chi connectivity index (χ3v) is 8.28. The Morgan fingerprint density at radius 2 is 1.97 bits per heavy atom. The number of hydrogen-bond acceptors (Lipinski definition) is 6. The van der Waals surface area contributed by atoms with Crippen LogP contribution in [0.1, 0.15) is 76.8 Å². The molecule has 3 heterocycles. The van der Waals surface area contributed by atoms with Gasteiger partial charge < -0.3 is 19.3 Å². The number of esters is 1. The second-order valence-electron chi connectivity index (χ2n) is 11.3. The molecule has 7 heteroatoms. The molecule has 4 aliphatic rings. The van der Waals surface area contributed by atoms with E-state index in [0.717, 1.165) is 49.4 Å². The average Bonchev–Trinajstić information content (AvgIpc) is 3.41. The number of hydrogen-bond donors (Lipinski definition) is 1. The quantitative estimate of drug-likeness (QED) is 0.355. The monoisotopic (exact) mass is 489 g/mol. The number of benzene rings is 1. The van der Waals surface area contributed by atoms with Gasteiger partial charge in [-0.1, -0.05) is 6.08 Å². The predicted molar refractivity (Wildman–Crippen MR) is 131 cm³/mol. The Hall–Kier alpha value is -1.76. The highest BCUT2D eigenvalue weighted by atomic mass is 35.5. The lowest BCUT2D eigenvalue weighted by Gasteiger charge is -2.40. The van der Waals surface area contributed by atoms with E-state index in [-0.39, 0.29) is 23.1 Å². The van der Waals surface area contributed by atoms with Gasteiger partial charge in [0.1, 0.15) is 6.10 Å². The average molecular weight is 490 g/mol. The minimum absolute atomic E-state index is 0.0384. The number of nitrogens with zero attached hydrogens (tertiary/aromatic N) is 1. The molecule has 0 amide bonds. The Bertz CT molecular complexity index is 1010. The van der Waals surface area contributed by atoms with Crippen LogP contribution in [0.2, 0.25) is 0 Å². The van der Waals surface area contributed by atoms with Gasteiger partial charge >= 0.3 is 5.97 Å². The molecule has 1 spiro atoms. The van der Waals surface area contributed by atoms with E-state index in [2.05, 4.69) is 30.0 Å². The molecular weight excluding hydrogens is 454 g/mol. The molecule has 34 heavy (non-hydrogen) atoms. The largest absolute Gasteiger partial charge is 0.455 e. The van der Waals surface area contributed by atoms with Gasteiger partial charge in [0.25, 0.3) is 0 Å². The lowest BCUT2D eigenvalue weighted by Crippen LogP contribution is -2.48. The van der Waals surface area contributed by atoms with Gasteiger partial charge in [-0.2, -0.15) is 0 Å². The van der Waals surface area contributed by atoms with Crippen LogP contribution in [0.25, 0.3) is 0 Å². The van der Waals surface area contributed by atoms with Gasteiger partial charge in [0.05, 0.1) is 5.54 Å². The summed E-state index contributed by atoms with van der Waals surface area (Å²) in [4.78, 5) is 15.5. The summed E-state index contributed by atoms with van der Waals surface area (Å²) in [5.74, 6) is 0.941. The van der Waals surface area contributed by atoms with Crippen molar-refractivity contribution in [2.75, 3.05) is 19.9 Å². The summed E-state index contributed by atoms with van der Waals surface area (Å²) in [6, 6.07) is 4.20. The molecule has 1 aromatic carbocycles. The summed E-state index contributed by atoms with van der Waals surface area (Å²) in [5, 5.41) is 11.0. The van der Waals surface area contributed by atoms with Crippen molar-refractivity contribution >= 4 is 17.6 Å². The molecule has 1 aliphatic carbocycles. The molecule has 6 nitrogen and oxygen atoms in total. The van der Waals surface area contributed by atoms with Crippen LogP contribution in [-0.4, -0.2) is 58.0 Å². The Kier molecular flexibility index (Phi) is 5.93. The molecule has 0 bridgehead atoms. The Labute approximate surface area is 207 Å². The molecule has 3 aliphatic heterocycles. The molecule has 4 atom stereocenters. The van der Waals surface area contributed by atoms with E-state index in [1.807, 2.05) is 13.8 Å². The second kappa shape index (κ2) is 8.42. The summed E-state index contributed by atoms with van der Waals surface area (Å²) in [5.41, 5.74) is 1.71. The number of ether oxygens (including phenoxy) is 3. The van der Waals surface area contributed by atoms with Crippen LogP contribution in [0, 0.1) is 0 Å². The zero-order chi connectivity index (χ0) is 24.3. The summed E-state index contributed by atoms with van der Waals surface area (Å²) in [7, 11) is 0. The van der Waals surface area contributed by atoms with Crippen molar-refractivity contribution in [1.82, 2.24) is 4.90 Å². The van der Waals surface area contributed by atoms with E-state index in [9.17, 15) is 9.90 Å². The van der Waals surface area contributed by atoms with Gasteiger partial charge in [-0.05, 0) is 102 Å². The number of carbonyl (C=O) groups is 1. The lowest BCUT2D eigenvalue weighted by molar-refractivity contribution is -0.169. The molecule has 0 aromatic heterocycles. The minimum atomic E-state index is -1.56. The standard InChI is InChI=1S/C27H36ClNO5/c1-17-15-27-10-6-11-29(27)12-7-18-13-20-21(33-16-32-20)14-19(18)22(27)23(17)34-24(30)26(4,31)9-5-8-25(2,3)28/h13-15,22-23,31H,5-12,16H2,1-4H3/t22-,23?,26+,27+/m1/s1. The fourth-order valence-corrected chi connectivity index (χ4v) is 6.53. The summed E-state index contributed by atoms with van der Waals surface area (Å²) in [6.07, 6.45) is 6.63. The van der Waals surface area contributed by atoms with E-state index in [1.54, 1.807) is 6.92 Å². The predicted octanol–water partition coefficient (Wildman–Crippen LogP) is 4.70. The van der Waals surface area contributed by atoms with Crippen LogP contribution in [-0.2, 0) is 16.0 Å². The molecule has 0 saturated carbocycles. The van der Waals surface area contributed by atoms with E-state index in [1.165, 1.54) is 11.1 Å². The zero-order valence-corrected chi connectivity index (χ0v) is 21.4. The molecule has 1 aromatic rings. The molecular formula is C27H36ClNO5. The third-order valence-electron chi connectivity index (χ3n) is 8.09. The molecule has 1 unspecified atom stereocenters. The Morgan fingerprint density at radius 3 is 2.71 bits per heavy atom. The summed E-state index contributed by atoms with van der Waals surface area (Å²) < 4.78 is 17.6. The lowest BCUT2D eigenvalue weighted by atomic mass is 9.77. The van der Waals surface area contributed by atoms with Crippen LogP contribution in [0.3, 0.4) is 0 Å². The first-order valence-electron chi connectivity index (χ1n) is 12.5. The van der Waals surface area contributed by atoms with Gasteiger partial charge in [0.15, 0.2) is 17.1 Å². The van der Waals surface area contributed by atoms with Crippen LogP contribution in [0.5, 0.6) is 11.5 Å². The number of fused-ring (bicyclic) bond motifs is 3. The van der Waals surface area contributed by atoms with E-state index < -0.39 is 17.7 Å². The van der Waals surface area contributed by atoms with Crippen molar-refractivity contribution in [1.29, 1.82) is 0 Å². The summed E-state index contributed by atoms with van der Waals surface area (Å²) >= 11 is 6.30. The first-order valence-corrected chi connectivity index (χ1v) is 12.9. The number of halogens is 1. The van der Waals surface area contributed by atoms with Crippen molar-refractivity contribution in [2.45, 2.75) is 94.3 Å². The second-order valence-corrected chi connectivity index (χ2v) is 12.3. The number of rotatable bonds is 6. The van der Waals surface area contributed by atoms with Crippen molar-refractivity contribution in [3.8, 4) is 11.5 Å². The first kappa shape index (κ1) is 24.0. The Morgan fingerprint density at radius 1 is 1.24 bits per heavy atom. The SMILES string of the molecule is CC1=C[C@]23CCCN2CCc2cc4c(cc2[C@@H]3C1OC(=O)[C@@](C)(O)CCCC(C)(C)Cl)OCO4. The van der Waals surface area contributed by atoms with Gasteiger partial charge in [-0.3, -0.25) is 4.90 Å². The van der Waals surface area contributed by atoms with Crippen molar-refractivity contribution < 1.29 is 24.1 Å². The van der Waals surface area contributed by atoms with Crippen molar-refractivity contribution in [3.63, 3.8) is 0 Å². The van der Waals surface area contributed by atoms with Gasteiger partial charge in [0.2, 0.25) is 6.79 Å². The summed E-state index contributed by atoms with van der Waals surface area (Å²) in [6.45, 7) is 9.72. The molecule has 186 valence electrons. The molecule has 1 saturated heterocycles.